The van der Waals surface area contributed by atoms with Crippen molar-refractivity contribution in [3.05, 3.63) is 0 Å². The first-order valence-electron chi connectivity index (χ1n) is 4.56. The molecule has 78 valence electrons. The van der Waals surface area contributed by atoms with Crippen molar-refractivity contribution in [2.24, 2.45) is 0 Å². The van der Waals surface area contributed by atoms with Crippen molar-refractivity contribution in [2.45, 2.75) is 19.3 Å². The summed E-state index contributed by atoms with van der Waals surface area (Å²) in [6, 6.07) is 0. The van der Waals surface area contributed by atoms with Gasteiger partial charge in [-0.25, -0.2) is 0 Å². The predicted octanol–water partition coefficient (Wildman–Crippen LogP) is 0.566. The van der Waals surface area contributed by atoms with Gasteiger partial charge in [-0.3, -0.25) is 4.79 Å². The smallest absolute Gasteiger partial charge is 0.220 e. The summed E-state index contributed by atoms with van der Waals surface area (Å²) < 4.78 is 9.67. The van der Waals surface area contributed by atoms with Gasteiger partial charge in [0.1, 0.15) is 0 Å². The first kappa shape index (κ1) is 12.4. The highest BCUT2D eigenvalue weighted by Gasteiger charge is 1.98. The molecule has 0 aliphatic carbocycles. The maximum atomic E-state index is 11.1. The molecule has 0 aliphatic rings. The van der Waals surface area contributed by atoms with Crippen molar-refractivity contribution >= 4 is 5.91 Å². The zero-order valence-corrected chi connectivity index (χ0v) is 8.47. The van der Waals surface area contributed by atoms with Crippen LogP contribution in [0.25, 0.3) is 0 Å². The molecule has 0 heterocycles. The Kier molecular flexibility index (Phi) is 9.03. The molecule has 0 aromatic carbocycles. The van der Waals surface area contributed by atoms with E-state index in [1.165, 1.54) is 0 Å². The second-order valence-electron chi connectivity index (χ2n) is 2.79. The summed E-state index contributed by atoms with van der Waals surface area (Å²) in [7, 11) is 3.28. The van der Waals surface area contributed by atoms with Crippen LogP contribution in [0.5, 0.6) is 0 Å². The van der Waals surface area contributed by atoms with Crippen molar-refractivity contribution in [3.8, 4) is 0 Å². The summed E-state index contributed by atoms with van der Waals surface area (Å²) in [5, 5.41) is 2.76. The van der Waals surface area contributed by atoms with Crippen molar-refractivity contribution in [3.63, 3.8) is 0 Å². The number of rotatable bonds is 8. The monoisotopic (exact) mass is 189 g/mol. The lowest BCUT2D eigenvalue weighted by Gasteiger charge is -2.03. The van der Waals surface area contributed by atoms with Gasteiger partial charge in [0.15, 0.2) is 0 Å². The number of amides is 1. The number of unbranched alkanes of at least 4 members (excludes halogenated alkanes) is 1. The summed E-state index contributed by atoms with van der Waals surface area (Å²) in [4.78, 5) is 11.1. The number of ether oxygens (including phenoxy) is 2. The maximum absolute atomic E-state index is 11.1. The fourth-order valence-corrected chi connectivity index (χ4v) is 0.913. The van der Waals surface area contributed by atoms with Crippen LogP contribution in [-0.2, 0) is 14.3 Å². The van der Waals surface area contributed by atoms with E-state index in [1.54, 1.807) is 14.2 Å². The molecular weight excluding hydrogens is 170 g/mol. The Morgan fingerprint density at radius 3 is 2.46 bits per heavy atom. The Bertz CT molecular complexity index is 128. The van der Waals surface area contributed by atoms with E-state index in [0.29, 0.717) is 19.6 Å². The highest BCUT2D eigenvalue weighted by molar-refractivity contribution is 5.75. The van der Waals surface area contributed by atoms with E-state index in [-0.39, 0.29) is 5.91 Å². The highest BCUT2D eigenvalue weighted by Crippen LogP contribution is 1.94. The van der Waals surface area contributed by atoms with Crippen molar-refractivity contribution in [2.75, 3.05) is 34.0 Å². The molecule has 0 aliphatic heterocycles. The van der Waals surface area contributed by atoms with Crippen LogP contribution in [0.3, 0.4) is 0 Å². The van der Waals surface area contributed by atoms with Crippen LogP contribution in [0.4, 0.5) is 0 Å². The standard InChI is InChI=1S/C9H19NO3/c1-12-7-4-3-5-9(11)10-6-8-13-2/h3-8H2,1-2H3,(H,10,11). The molecule has 0 spiro atoms. The average Bonchev–Trinajstić information content (AvgIpc) is 2.13. The van der Waals surface area contributed by atoms with E-state index in [4.69, 9.17) is 9.47 Å². The summed E-state index contributed by atoms with van der Waals surface area (Å²) in [5.41, 5.74) is 0. The third-order valence-electron chi connectivity index (χ3n) is 1.63. The molecule has 0 aromatic heterocycles. The molecule has 1 N–H and O–H groups in total. The molecule has 0 saturated carbocycles. The van der Waals surface area contributed by atoms with E-state index in [2.05, 4.69) is 5.32 Å². The summed E-state index contributed by atoms with van der Waals surface area (Å²) in [5.74, 6) is 0.0909. The number of hydrogen-bond donors (Lipinski definition) is 1. The van der Waals surface area contributed by atoms with Gasteiger partial charge >= 0.3 is 0 Å². The van der Waals surface area contributed by atoms with Crippen LogP contribution >= 0.6 is 0 Å². The second-order valence-corrected chi connectivity index (χ2v) is 2.79. The zero-order valence-electron chi connectivity index (χ0n) is 8.47. The Morgan fingerprint density at radius 2 is 1.85 bits per heavy atom. The van der Waals surface area contributed by atoms with Gasteiger partial charge in [0.05, 0.1) is 6.61 Å². The van der Waals surface area contributed by atoms with Gasteiger partial charge in [0.2, 0.25) is 5.91 Å². The van der Waals surface area contributed by atoms with Gasteiger partial charge in [-0.15, -0.1) is 0 Å². The van der Waals surface area contributed by atoms with Gasteiger partial charge < -0.3 is 14.8 Å². The summed E-state index contributed by atoms with van der Waals surface area (Å²) >= 11 is 0. The van der Waals surface area contributed by atoms with Crippen molar-refractivity contribution < 1.29 is 14.3 Å². The van der Waals surface area contributed by atoms with E-state index in [1.807, 2.05) is 0 Å². The van der Waals surface area contributed by atoms with Crippen LogP contribution < -0.4 is 5.32 Å². The Balaban J connectivity index is 3.11. The van der Waals surface area contributed by atoms with E-state index < -0.39 is 0 Å². The number of nitrogens with one attached hydrogen (secondary N) is 1. The minimum atomic E-state index is 0.0909. The van der Waals surface area contributed by atoms with Crippen LogP contribution in [0.15, 0.2) is 0 Å². The molecule has 0 radical (unpaired) electrons. The van der Waals surface area contributed by atoms with Gasteiger partial charge in [-0.05, 0) is 12.8 Å². The quantitative estimate of drug-likeness (QED) is 0.568. The fourth-order valence-electron chi connectivity index (χ4n) is 0.913. The average molecular weight is 189 g/mol. The van der Waals surface area contributed by atoms with E-state index in [0.717, 1.165) is 19.4 Å². The molecule has 1 amide bonds. The SMILES string of the molecule is COCCCCC(=O)NCCOC. The first-order valence-corrected chi connectivity index (χ1v) is 4.56. The highest BCUT2D eigenvalue weighted by atomic mass is 16.5. The predicted molar refractivity (Wildman–Crippen MR) is 50.6 cm³/mol. The van der Waals surface area contributed by atoms with Crippen molar-refractivity contribution in [1.82, 2.24) is 5.32 Å². The topological polar surface area (TPSA) is 47.6 Å². The lowest BCUT2D eigenvalue weighted by Crippen LogP contribution is -2.26. The third kappa shape index (κ3) is 9.30. The third-order valence-corrected chi connectivity index (χ3v) is 1.63. The lowest BCUT2D eigenvalue weighted by molar-refractivity contribution is -0.121. The largest absolute Gasteiger partial charge is 0.385 e. The minimum absolute atomic E-state index is 0.0909. The van der Waals surface area contributed by atoms with E-state index in [9.17, 15) is 4.79 Å². The molecule has 13 heavy (non-hydrogen) atoms. The van der Waals surface area contributed by atoms with Gasteiger partial charge in [0.25, 0.3) is 0 Å². The molecular formula is C9H19NO3. The molecule has 0 aromatic rings. The zero-order chi connectivity index (χ0) is 9.94. The van der Waals surface area contributed by atoms with Crippen molar-refractivity contribution in [1.29, 1.82) is 0 Å². The molecule has 0 bridgehead atoms. The van der Waals surface area contributed by atoms with E-state index >= 15 is 0 Å². The van der Waals surface area contributed by atoms with Gasteiger partial charge in [0, 0.05) is 33.8 Å². The molecule has 4 nitrogen and oxygen atoms in total. The van der Waals surface area contributed by atoms with Crippen LogP contribution in [0.2, 0.25) is 0 Å². The summed E-state index contributed by atoms with van der Waals surface area (Å²) in [6.45, 7) is 1.90. The Hall–Kier alpha value is -0.610. The van der Waals surface area contributed by atoms with Gasteiger partial charge in [-0.1, -0.05) is 0 Å². The fraction of sp³-hybridized carbons (Fsp3) is 0.889. The van der Waals surface area contributed by atoms with Crippen LogP contribution in [-0.4, -0.2) is 39.9 Å². The molecule has 0 saturated heterocycles. The first-order chi connectivity index (χ1) is 6.31. The molecule has 0 rings (SSSR count). The lowest BCUT2D eigenvalue weighted by atomic mass is 10.2. The number of carbonyl (C=O) groups excluding carboxylic acids is 1. The summed E-state index contributed by atoms with van der Waals surface area (Å²) in [6.07, 6.45) is 2.40. The van der Waals surface area contributed by atoms with Gasteiger partial charge in [-0.2, -0.15) is 0 Å². The molecule has 4 heteroatoms. The minimum Gasteiger partial charge on any atom is -0.385 e. The second kappa shape index (κ2) is 9.48. The Morgan fingerprint density at radius 1 is 1.15 bits per heavy atom. The number of carbonyl (C=O) groups is 1. The molecule has 0 unspecified atom stereocenters. The van der Waals surface area contributed by atoms with Crippen LogP contribution in [0, 0.1) is 0 Å². The Labute approximate surface area is 79.6 Å². The van der Waals surface area contributed by atoms with Crippen LogP contribution in [0.1, 0.15) is 19.3 Å². The molecule has 0 atom stereocenters. The number of methoxy groups -OCH3 is 2. The maximum Gasteiger partial charge on any atom is 0.220 e. The number of hydrogen-bond acceptors (Lipinski definition) is 3. The normalized spacial score (nSPS) is 10.0. The molecule has 0 fully saturated rings.